The lowest BCUT2D eigenvalue weighted by Gasteiger charge is -2.24. The molecule has 5 heteroatoms. The first-order chi connectivity index (χ1) is 9.13. The number of nitrogens with one attached hydrogen (secondary N) is 2. The monoisotopic (exact) mass is 262 g/mol. The molecule has 0 spiro atoms. The van der Waals surface area contributed by atoms with E-state index >= 15 is 0 Å². The largest absolute Gasteiger partial charge is 0.350 e. The van der Waals surface area contributed by atoms with Gasteiger partial charge in [-0.05, 0) is 38.9 Å². The fourth-order valence-corrected chi connectivity index (χ4v) is 2.13. The number of nitrogens with zero attached hydrogens (tertiary/aromatic N) is 1. The quantitative estimate of drug-likeness (QED) is 0.532. The number of hydrazine groups is 1. The van der Waals surface area contributed by atoms with E-state index in [9.17, 15) is 4.79 Å². The van der Waals surface area contributed by atoms with Crippen LogP contribution >= 0.6 is 0 Å². The predicted octanol–water partition coefficient (Wildman–Crippen LogP) is 1.18. The molecule has 1 aliphatic rings. The molecule has 1 aromatic carbocycles. The maximum Gasteiger partial charge on any atom is 0.253 e. The smallest absolute Gasteiger partial charge is 0.253 e. The molecule has 0 saturated heterocycles. The van der Waals surface area contributed by atoms with Gasteiger partial charge in [0.1, 0.15) is 0 Å². The summed E-state index contributed by atoms with van der Waals surface area (Å²) < 4.78 is 0. The summed E-state index contributed by atoms with van der Waals surface area (Å²) in [6.45, 7) is 2.77. The third-order valence-electron chi connectivity index (χ3n) is 3.70. The van der Waals surface area contributed by atoms with Gasteiger partial charge in [0.05, 0.1) is 11.3 Å². The molecule has 1 unspecified atom stereocenters. The van der Waals surface area contributed by atoms with Crippen molar-refractivity contribution in [2.45, 2.75) is 31.8 Å². The van der Waals surface area contributed by atoms with Gasteiger partial charge in [-0.25, -0.2) is 0 Å². The van der Waals surface area contributed by atoms with Crippen LogP contribution in [0.5, 0.6) is 0 Å². The average Bonchev–Trinajstić information content (AvgIpc) is 3.28. The number of nitrogen functional groups attached to an aromatic ring is 1. The zero-order valence-electron chi connectivity index (χ0n) is 11.5. The van der Waals surface area contributed by atoms with Crippen LogP contribution in [-0.2, 0) is 0 Å². The lowest BCUT2D eigenvalue weighted by atomic mass is 10.1. The van der Waals surface area contributed by atoms with Crippen molar-refractivity contribution < 1.29 is 4.79 Å². The summed E-state index contributed by atoms with van der Waals surface area (Å²) in [5, 5.41) is 2.96. The summed E-state index contributed by atoms with van der Waals surface area (Å²) in [5.74, 6) is 5.31. The minimum atomic E-state index is -0.0930. The maximum atomic E-state index is 12.1. The highest BCUT2D eigenvalue weighted by atomic mass is 16.1. The number of para-hydroxylation sites is 1. The van der Waals surface area contributed by atoms with Crippen LogP contribution in [0, 0.1) is 0 Å². The van der Waals surface area contributed by atoms with E-state index in [1.165, 1.54) is 12.8 Å². The van der Waals surface area contributed by atoms with Crippen molar-refractivity contribution in [3.8, 4) is 0 Å². The molecule has 5 nitrogen and oxygen atoms in total. The van der Waals surface area contributed by atoms with Crippen LogP contribution in [0.3, 0.4) is 0 Å². The SMILES string of the molecule is CC(CNC(=O)c1ccccc1NN)N(C)C1CC1. The topological polar surface area (TPSA) is 70.4 Å². The van der Waals surface area contributed by atoms with E-state index in [0.717, 1.165) is 0 Å². The average molecular weight is 262 g/mol. The van der Waals surface area contributed by atoms with Gasteiger partial charge < -0.3 is 10.7 Å². The van der Waals surface area contributed by atoms with Gasteiger partial charge in [0.15, 0.2) is 0 Å². The van der Waals surface area contributed by atoms with Gasteiger partial charge in [-0.15, -0.1) is 0 Å². The van der Waals surface area contributed by atoms with Gasteiger partial charge in [0.2, 0.25) is 0 Å². The van der Waals surface area contributed by atoms with Crippen LogP contribution in [0.25, 0.3) is 0 Å². The summed E-state index contributed by atoms with van der Waals surface area (Å²) >= 11 is 0. The fourth-order valence-electron chi connectivity index (χ4n) is 2.13. The molecule has 0 aromatic heterocycles. The Kier molecular flexibility index (Phi) is 4.39. The van der Waals surface area contributed by atoms with Crippen LogP contribution in [0.15, 0.2) is 24.3 Å². The van der Waals surface area contributed by atoms with Crippen molar-refractivity contribution in [2.24, 2.45) is 5.84 Å². The molecule has 0 bridgehead atoms. The second-order valence-corrected chi connectivity index (χ2v) is 5.15. The van der Waals surface area contributed by atoms with Crippen molar-refractivity contribution in [2.75, 3.05) is 19.0 Å². The first-order valence-electron chi connectivity index (χ1n) is 6.69. The van der Waals surface area contributed by atoms with Crippen LogP contribution in [0.1, 0.15) is 30.1 Å². The normalized spacial score (nSPS) is 16.2. The number of nitrogens with two attached hydrogens (primary N) is 1. The molecule has 0 heterocycles. The van der Waals surface area contributed by atoms with Crippen molar-refractivity contribution in [3.05, 3.63) is 29.8 Å². The summed E-state index contributed by atoms with van der Waals surface area (Å²) in [6.07, 6.45) is 2.55. The molecule has 1 saturated carbocycles. The summed E-state index contributed by atoms with van der Waals surface area (Å²) in [5.41, 5.74) is 3.76. The number of anilines is 1. The molecule has 1 amide bonds. The van der Waals surface area contributed by atoms with Crippen LogP contribution in [-0.4, -0.2) is 36.5 Å². The number of benzene rings is 1. The van der Waals surface area contributed by atoms with Gasteiger partial charge in [0.25, 0.3) is 5.91 Å². The number of carbonyl (C=O) groups excluding carboxylic acids is 1. The fraction of sp³-hybridized carbons (Fsp3) is 0.500. The van der Waals surface area contributed by atoms with Gasteiger partial charge in [0, 0.05) is 18.6 Å². The number of likely N-dealkylation sites (N-methyl/N-ethyl adjacent to an activating group) is 1. The van der Waals surface area contributed by atoms with Crippen LogP contribution < -0.4 is 16.6 Å². The van der Waals surface area contributed by atoms with Crippen molar-refractivity contribution in [3.63, 3.8) is 0 Å². The number of rotatable bonds is 6. The number of carbonyl (C=O) groups is 1. The third-order valence-corrected chi connectivity index (χ3v) is 3.70. The zero-order valence-corrected chi connectivity index (χ0v) is 11.5. The van der Waals surface area contributed by atoms with E-state index in [1.807, 2.05) is 12.1 Å². The Labute approximate surface area is 114 Å². The highest BCUT2D eigenvalue weighted by Gasteiger charge is 2.29. The Morgan fingerprint density at radius 2 is 2.16 bits per heavy atom. The summed E-state index contributed by atoms with van der Waals surface area (Å²) in [6, 6.07) is 8.26. The molecular weight excluding hydrogens is 240 g/mol. The Morgan fingerprint density at radius 3 is 2.79 bits per heavy atom. The molecule has 1 aromatic rings. The molecule has 1 fully saturated rings. The van der Waals surface area contributed by atoms with E-state index in [1.54, 1.807) is 12.1 Å². The maximum absolute atomic E-state index is 12.1. The molecular formula is C14H22N4O. The zero-order chi connectivity index (χ0) is 13.8. The van der Waals surface area contributed by atoms with E-state index in [0.29, 0.717) is 29.9 Å². The molecule has 1 aliphatic carbocycles. The molecule has 1 atom stereocenters. The van der Waals surface area contributed by atoms with Crippen molar-refractivity contribution >= 4 is 11.6 Å². The molecule has 104 valence electrons. The van der Waals surface area contributed by atoms with Gasteiger partial charge in [-0.2, -0.15) is 0 Å². The second-order valence-electron chi connectivity index (χ2n) is 5.15. The Bertz CT molecular complexity index is 445. The Balaban J connectivity index is 1.89. The molecule has 0 radical (unpaired) electrons. The molecule has 0 aliphatic heterocycles. The number of hydrogen-bond acceptors (Lipinski definition) is 4. The van der Waals surface area contributed by atoms with Crippen molar-refractivity contribution in [1.29, 1.82) is 0 Å². The van der Waals surface area contributed by atoms with Gasteiger partial charge >= 0.3 is 0 Å². The first kappa shape index (κ1) is 13.8. The van der Waals surface area contributed by atoms with Gasteiger partial charge in [-0.3, -0.25) is 15.5 Å². The van der Waals surface area contributed by atoms with Crippen molar-refractivity contribution in [1.82, 2.24) is 10.2 Å². The van der Waals surface area contributed by atoms with Gasteiger partial charge in [-0.1, -0.05) is 12.1 Å². The minimum absolute atomic E-state index is 0.0930. The summed E-state index contributed by atoms with van der Waals surface area (Å²) in [7, 11) is 2.11. The highest BCUT2D eigenvalue weighted by Crippen LogP contribution is 2.26. The lowest BCUT2D eigenvalue weighted by Crippen LogP contribution is -2.41. The van der Waals surface area contributed by atoms with E-state index in [-0.39, 0.29) is 5.91 Å². The minimum Gasteiger partial charge on any atom is -0.350 e. The highest BCUT2D eigenvalue weighted by molar-refractivity contribution is 5.99. The Hall–Kier alpha value is -1.59. The lowest BCUT2D eigenvalue weighted by molar-refractivity contribution is 0.0940. The van der Waals surface area contributed by atoms with Crippen LogP contribution in [0.4, 0.5) is 5.69 Å². The van der Waals surface area contributed by atoms with E-state index in [2.05, 4.69) is 29.6 Å². The molecule has 4 N–H and O–H groups in total. The first-order valence-corrected chi connectivity index (χ1v) is 6.69. The predicted molar refractivity (Wildman–Crippen MR) is 76.8 cm³/mol. The van der Waals surface area contributed by atoms with E-state index in [4.69, 9.17) is 5.84 Å². The summed E-state index contributed by atoms with van der Waals surface area (Å²) in [4.78, 5) is 14.4. The second kappa shape index (κ2) is 6.04. The standard InChI is InChI=1S/C14H22N4O/c1-10(18(2)11-7-8-11)9-16-14(19)12-5-3-4-6-13(12)17-15/h3-6,10-11,17H,7-9,15H2,1-2H3,(H,16,19). The Morgan fingerprint density at radius 1 is 1.47 bits per heavy atom. The van der Waals surface area contributed by atoms with Crippen LogP contribution in [0.2, 0.25) is 0 Å². The third kappa shape index (κ3) is 3.45. The van der Waals surface area contributed by atoms with E-state index < -0.39 is 0 Å². The molecule has 19 heavy (non-hydrogen) atoms. The number of amides is 1. The molecule has 2 rings (SSSR count). The number of hydrogen-bond donors (Lipinski definition) is 3.